The molecule has 0 aliphatic carbocycles. The van der Waals surface area contributed by atoms with E-state index in [-0.39, 0.29) is 11.4 Å². The highest BCUT2D eigenvalue weighted by molar-refractivity contribution is 9.08. The first-order valence-electron chi connectivity index (χ1n) is 5.64. The van der Waals surface area contributed by atoms with Crippen molar-refractivity contribution in [3.8, 4) is 0 Å². The van der Waals surface area contributed by atoms with Crippen LogP contribution in [0.3, 0.4) is 0 Å². The summed E-state index contributed by atoms with van der Waals surface area (Å²) in [5.74, 6) is 0. The Morgan fingerprint density at radius 1 is 1.26 bits per heavy atom. The van der Waals surface area contributed by atoms with E-state index in [1.165, 1.54) is 0 Å². The van der Waals surface area contributed by atoms with Crippen molar-refractivity contribution in [1.29, 1.82) is 0 Å². The van der Waals surface area contributed by atoms with E-state index >= 15 is 0 Å². The lowest BCUT2D eigenvalue weighted by Gasteiger charge is -2.07. The Balaban J connectivity index is 2.11. The number of hydrogen-bond donors (Lipinski definition) is 1. The van der Waals surface area contributed by atoms with Gasteiger partial charge in [0.05, 0.1) is 17.1 Å². The molecule has 0 atom stereocenters. The van der Waals surface area contributed by atoms with Crippen molar-refractivity contribution in [2.75, 3.05) is 0 Å². The van der Waals surface area contributed by atoms with Gasteiger partial charge < -0.3 is 0 Å². The highest BCUT2D eigenvalue weighted by Crippen LogP contribution is 2.13. The second kappa shape index (κ2) is 5.85. The zero-order valence-corrected chi connectivity index (χ0v) is 12.8. The van der Waals surface area contributed by atoms with Gasteiger partial charge in [-0.15, -0.1) is 0 Å². The van der Waals surface area contributed by atoms with Crippen LogP contribution in [0.25, 0.3) is 0 Å². The van der Waals surface area contributed by atoms with Crippen LogP contribution in [0.15, 0.2) is 41.4 Å². The molecule has 1 heterocycles. The van der Waals surface area contributed by atoms with Crippen molar-refractivity contribution >= 4 is 26.0 Å². The summed E-state index contributed by atoms with van der Waals surface area (Å²) < 4.78 is 28.4. The van der Waals surface area contributed by atoms with Gasteiger partial charge in [-0.3, -0.25) is 4.68 Å². The van der Waals surface area contributed by atoms with E-state index in [4.69, 9.17) is 0 Å². The smallest absolute Gasteiger partial charge is 0.240 e. The number of sulfonamides is 1. The molecule has 1 N–H and O–H groups in total. The van der Waals surface area contributed by atoms with Gasteiger partial charge in [-0.25, -0.2) is 13.1 Å². The standard InChI is InChI=1S/C12H14BrN3O2S/c1-16-11(6-7-14-16)9-15-19(17,18)12-4-2-10(8-13)3-5-12/h2-7,15H,8-9H2,1H3. The molecule has 1 aromatic carbocycles. The molecule has 0 aliphatic rings. The van der Waals surface area contributed by atoms with Gasteiger partial charge in [-0.2, -0.15) is 5.10 Å². The summed E-state index contributed by atoms with van der Waals surface area (Å²) in [7, 11) is -1.71. The van der Waals surface area contributed by atoms with Gasteiger partial charge in [0.25, 0.3) is 0 Å². The summed E-state index contributed by atoms with van der Waals surface area (Å²) in [5, 5.41) is 4.69. The number of aryl methyl sites for hydroxylation is 1. The number of aromatic nitrogens is 2. The predicted octanol–water partition coefficient (Wildman–Crippen LogP) is 1.79. The van der Waals surface area contributed by atoms with Crippen molar-refractivity contribution in [2.45, 2.75) is 16.8 Å². The van der Waals surface area contributed by atoms with Crippen LogP contribution in [0.1, 0.15) is 11.3 Å². The van der Waals surface area contributed by atoms with Crippen LogP contribution >= 0.6 is 15.9 Å². The minimum Gasteiger partial charge on any atom is -0.271 e. The average molecular weight is 344 g/mol. The molecule has 1 aromatic heterocycles. The van der Waals surface area contributed by atoms with E-state index in [9.17, 15) is 8.42 Å². The van der Waals surface area contributed by atoms with Crippen LogP contribution < -0.4 is 4.72 Å². The summed E-state index contributed by atoms with van der Waals surface area (Å²) in [6.07, 6.45) is 1.63. The van der Waals surface area contributed by atoms with Crippen molar-refractivity contribution in [1.82, 2.24) is 14.5 Å². The fraction of sp³-hybridized carbons (Fsp3) is 0.250. The zero-order valence-electron chi connectivity index (χ0n) is 10.4. The molecular weight excluding hydrogens is 330 g/mol. The lowest BCUT2D eigenvalue weighted by molar-refractivity contribution is 0.577. The first-order valence-corrected chi connectivity index (χ1v) is 8.25. The maximum atomic E-state index is 12.1. The third-order valence-electron chi connectivity index (χ3n) is 2.75. The molecule has 0 spiro atoms. The average Bonchev–Trinajstić information content (AvgIpc) is 2.82. The first-order chi connectivity index (χ1) is 9.03. The van der Waals surface area contributed by atoms with Gasteiger partial charge >= 0.3 is 0 Å². The molecular formula is C12H14BrN3O2S. The fourth-order valence-electron chi connectivity index (χ4n) is 1.58. The zero-order chi connectivity index (χ0) is 13.9. The lowest BCUT2D eigenvalue weighted by atomic mass is 10.2. The Morgan fingerprint density at radius 2 is 1.95 bits per heavy atom. The van der Waals surface area contributed by atoms with Gasteiger partial charge in [0.2, 0.25) is 10.0 Å². The summed E-state index contributed by atoms with van der Waals surface area (Å²) in [5.41, 5.74) is 1.84. The molecule has 2 rings (SSSR count). The molecule has 0 bridgehead atoms. The van der Waals surface area contributed by atoms with E-state index < -0.39 is 10.0 Å². The molecule has 0 fully saturated rings. The van der Waals surface area contributed by atoms with Crippen LogP contribution in [0.5, 0.6) is 0 Å². The Bertz CT molecular complexity index is 650. The maximum Gasteiger partial charge on any atom is 0.240 e. The van der Waals surface area contributed by atoms with Crippen LogP contribution in [-0.2, 0) is 28.9 Å². The quantitative estimate of drug-likeness (QED) is 0.842. The van der Waals surface area contributed by atoms with Crippen molar-refractivity contribution in [3.63, 3.8) is 0 Å². The molecule has 2 aromatic rings. The highest BCUT2D eigenvalue weighted by atomic mass is 79.9. The lowest BCUT2D eigenvalue weighted by Crippen LogP contribution is -2.24. The monoisotopic (exact) mass is 343 g/mol. The molecule has 7 heteroatoms. The minimum absolute atomic E-state index is 0.221. The predicted molar refractivity (Wildman–Crippen MR) is 76.3 cm³/mol. The van der Waals surface area contributed by atoms with Crippen molar-refractivity contribution in [3.05, 3.63) is 47.8 Å². The molecule has 0 saturated heterocycles. The largest absolute Gasteiger partial charge is 0.271 e. The van der Waals surface area contributed by atoms with Gasteiger partial charge in [0.15, 0.2) is 0 Å². The Morgan fingerprint density at radius 3 is 2.47 bits per heavy atom. The normalized spacial score (nSPS) is 11.7. The molecule has 5 nitrogen and oxygen atoms in total. The van der Waals surface area contributed by atoms with Crippen molar-refractivity contribution in [2.24, 2.45) is 7.05 Å². The summed E-state index contributed by atoms with van der Waals surface area (Å²) in [6, 6.07) is 8.54. The van der Waals surface area contributed by atoms with Crippen LogP contribution in [0.2, 0.25) is 0 Å². The van der Waals surface area contributed by atoms with E-state index in [0.717, 1.165) is 11.3 Å². The number of nitrogens with zero attached hydrogens (tertiary/aromatic N) is 2. The molecule has 0 radical (unpaired) electrons. The summed E-state index contributed by atoms with van der Waals surface area (Å²) in [4.78, 5) is 0.263. The molecule has 0 amide bonds. The molecule has 102 valence electrons. The Hall–Kier alpha value is -1.18. The fourth-order valence-corrected chi connectivity index (χ4v) is 2.96. The van der Waals surface area contributed by atoms with Crippen LogP contribution in [0, 0.1) is 0 Å². The molecule has 0 aliphatic heterocycles. The number of benzene rings is 1. The van der Waals surface area contributed by atoms with Gasteiger partial charge in [0, 0.05) is 18.6 Å². The van der Waals surface area contributed by atoms with Crippen molar-refractivity contribution < 1.29 is 8.42 Å². The highest BCUT2D eigenvalue weighted by Gasteiger charge is 2.14. The second-order valence-corrected chi connectivity index (χ2v) is 6.38. The second-order valence-electron chi connectivity index (χ2n) is 4.05. The van der Waals surface area contributed by atoms with Crippen LogP contribution in [0.4, 0.5) is 0 Å². The Kier molecular flexibility index (Phi) is 4.38. The number of alkyl halides is 1. The van der Waals surface area contributed by atoms with E-state index in [2.05, 4.69) is 25.8 Å². The number of nitrogens with one attached hydrogen (secondary N) is 1. The molecule has 0 unspecified atom stereocenters. The van der Waals surface area contributed by atoms with E-state index in [1.807, 2.05) is 0 Å². The third kappa shape index (κ3) is 3.43. The Labute approximate surface area is 120 Å². The van der Waals surface area contributed by atoms with E-state index in [0.29, 0.717) is 5.33 Å². The topological polar surface area (TPSA) is 64.0 Å². The van der Waals surface area contributed by atoms with Gasteiger partial charge in [0.1, 0.15) is 0 Å². The summed E-state index contributed by atoms with van der Waals surface area (Å²) >= 11 is 3.32. The van der Waals surface area contributed by atoms with Crippen LogP contribution in [-0.4, -0.2) is 18.2 Å². The minimum atomic E-state index is -3.48. The number of hydrogen-bond acceptors (Lipinski definition) is 3. The SMILES string of the molecule is Cn1nccc1CNS(=O)(=O)c1ccc(CBr)cc1. The number of rotatable bonds is 5. The van der Waals surface area contributed by atoms with Gasteiger partial charge in [-0.05, 0) is 23.8 Å². The third-order valence-corrected chi connectivity index (χ3v) is 4.82. The molecule has 19 heavy (non-hydrogen) atoms. The first kappa shape index (κ1) is 14.2. The summed E-state index contributed by atoms with van der Waals surface area (Å²) in [6.45, 7) is 0.221. The number of halogens is 1. The van der Waals surface area contributed by atoms with Gasteiger partial charge in [-0.1, -0.05) is 28.1 Å². The maximum absolute atomic E-state index is 12.1. The molecule has 0 saturated carbocycles. The van der Waals surface area contributed by atoms with E-state index in [1.54, 1.807) is 48.3 Å².